The van der Waals surface area contributed by atoms with Gasteiger partial charge in [0.15, 0.2) is 11.5 Å². The molecule has 0 fully saturated rings. The molecule has 1 amide bonds. The molecule has 0 saturated carbocycles. The molecule has 0 radical (unpaired) electrons. The number of benzene rings is 2. The first-order chi connectivity index (χ1) is 11.6. The smallest absolute Gasteiger partial charge is 0.244 e. The number of carbonyl (C=O) groups is 1. The van der Waals surface area contributed by atoms with E-state index in [0.29, 0.717) is 13.1 Å². The van der Waals surface area contributed by atoms with E-state index in [2.05, 4.69) is 0 Å². The Morgan fingerprint density at radius 1 is 1.16 bits per heavy atom. The molecule has 1 heterocycles. The average Bonchev–Trinajstić information content (AvgIpc) is 3.07. The third-order valence-corrected chi connectivity index (χ3v) is 4.21. The molecule has 2 aromatic carbocycles. The highest BCUT2D eigenvalue weighted by Gasteiger charge is 2.22. The summed E-state index contributed by atoms with van der Waals surface area (Å²) in [6, 6.07) is 12.8. The number of hydrogen-bond donors (Lipinski definition) is 1. The first-order valence-corrected chi connectivity index (χ1v) is 8.08. The van der Waals surface area contributed by atoms with Crippen molar-refractivity contribution in [3.8, 4) is 11.5 Å². The van der Waals surface area contributed by atoms with Crippen LogP contribution in [-0.4, -0.2) is 24.1 Å². The SMILES string of the molecule is CCN(Cc1ccc2c(c1)OCO2)C(=O)C(N)c1ccc(C)cc1.Cl. The maximum Gasteiger partial charge on any atom is 0.244 e. The lowest BCUT2D eigenvalue weighted by atomic mass is 10.0. The van der Waals surface area contributed by atoms with Crippen molar-refractivity contribution in [2.75, 3.05) is 13.3 Å². The number of amides is 1. The number of nitrogens with two attached hydrogens (primary N) is 1. The molecule has 1 atom stereocenters. The molecule has 3 rings (SSSR count). The number of likely N-dealkylation sites (N-methyl/N-ethyl adjacent to an activating group) is 1. The highest BCUT2D eigenvalue weighted by molar-refractivity contribution is 5.85. The molecule has 134 valence electrons. The zero-order valence-electron chi connectivity index (χ0n) is 14.4. The topological polar surface area (TPSA) is 64.8 Å². The van der Waals surface area contributed by atoms with Gasteiger partial charge in [-0.15, -0.1) is 12.4 Å². The zero-order valence-corrected chi connectivity index (χ0v) is 15.2. The van der Waals surface area contributed by atoms with E-state index in [0.717, 1.165) is 28.2 Å². The Hall–Kier alpha value is -2.24. The molecule has 0 aromatic heterocycles. The van der Waals surface area contributed by atoms with E-state index < -0.39 is 6.04 Å². The van der Waals surface area contributed by atoms with Crippen molar-refractivity contribution in [2.45, 2.75) is 26.4 Å². The van der Waals surface area contributed by atoms with Crippen molar-refractivity contribution in [3.63, 3.8) is 0 Å². The first kappa shape index (κ1) is 19.1. The molecule has 5 nitrogen and oxygen atoms in total. The van der Waals surface area contributed by atoms with Crippen LogP contribution < -0.4 is 15.2 Å². The second-order valence-electron chi connectivity index (χ2n) is 5.93. The van der Waals surface area contributed by atoms with Gasteiger partial charge >= 0.3 is 0 Å². The van der Waals surface area contributed by atoms with Crippen LogP contribution in [0.2, 0.25) is 0 Å². The number of hydrogen-bond acceptors (Lipinski definition) is 4. The van der Waals surface area contributed by atoms with Crippen molar-refractivity contribution < 1.29 is 14.3 Å². The van der Waals surface area contributed by atoms with Gasteiger partial charge in [-0.3, -0.25) is 4.79 Å². The fourth-order valence-electron chi connectivity index (χ4n) is 2.72. The number of ether oxygens (including phenoxy) is 2. The van der Waals surface area contributed by atoms with Crippen LogP contribution in [0.4, 0.5) is 0 Å². The number of halogens is 1. The Labute approximate surface area is 154 Å². The van der Waals surface area contributed by atoms with E-state index in [1.54, 1.807) is 4.90 Å². The fourth-order valence-corrected chi connectivity index (χ4v) is 2.72. The van der Waals surface area contributed by atoms with Gasteiger partial charge in [0, 0.05) is 13.1 Å². The van der Waals surface area contributed by atoms with Crippen molar-refractivity contribution in [1.29, 1.82) is 0 Å². The van der Waals surface area contributed by atoms with Gasteiger partial charge in [-0.25, -0.2) is 0 Å². The molecular formula is C19H23ClN2O3. The van der Waals surface area contributed by atoms with Gasteiger partial charge < -0.3 is 20.1 Å². The molecule has 0 aliphatic carbocycles. The van der Waals surface area contributed by atoms with Crippen molar-refractivity contribution >= 4 is 18.3 Å². The predicted molar refractivity (Wildman–Crippen MR) is 99.0 cm³/mol. The molecule has 6 heteroatoms. The Morgan fingerprint density at radius 3 is 2.52 bits per heavy atom. The number of nitrogens with zero attached hydrogens (tertiary/aromatic N) is 1. The Balaban J connectivity index is 0.00000225. The molecule has 1 aliphatic heterocycles. The van der Waals surface area contributed by atoms with E-state index in [4.69, 9.17) is 15.2 Å². The van der Waals surface area contributed by atoms with Crippen LogP contribution in [-0.2, 0) is 11.3 Å². The third kappa shape index (κ3) is 4.24. The lowest BCUT2D eigenvalue weighted by molar-refractivity contribution is -0.133. The summed E-state index contributed by atoms with van der Waals surface area (Å²) in [5.41, 5.74) is 9.14. The summed E-state index contributed by atoms with van der Waals surface area (Å²) in [7, 11) is 0. The van der Waals surface area contributed by atoms with Crippen molar-refractivity contribution in [1.82, 2.24) is 4.90 Å². The Kier molecular flexibility index (Phi) is 6.28. The molecule has 2 aromatic rings. The van der Waals surface area contributed by atoms with E-state index in [1.807, 2.05) is 56.3 Å². The van der Waals surface area contributed by atoms with Gasteiger partial charge in [-0.1, -0.05) is 35.9 Å². The third-order valence-electron chi connectivity index (χ3n) is 4.21. The molecule has 1 aliphatic rings. The number of fused-ring (bicyclic) bond motifs is 1. The largest absolute Gasteiger partial charge is 0.454 e. The van der Waals surface area contributed by atoms with Gasteiger partial charge in [-0.2, -0.15) is 0 Å². The summed E-state index contributed by atoms with van der Waals surface area (Å²) in [6.07, 6.45) is 0. The van der Waals surface area contributed by atoms with Gasteiger partial charge in [0.05, 0.1) is 0 Å². The number of aryl methyl sites for hydroxylation is 1. The summed E-state index contributed by atoms with van der Waals surface area (Å²) in [6.45, 7) is 5.29. The summed E-state index contributed by atoms with van der Waals surface area (Å²) < 4.78 is 10.7. The van der Waals surface area contributed by atoms with Crippen molar-refractivity contribution in [2.24, 2.45) is 5.73 Å². The van der Waals surface area contributed by atoms with E-state index in [1.165, 1.54) is 0 Å². The van der Waals surface area contributed by atoms with Crippen LogP contribution in [0, 0.1) is 6.92 Å². The highest BCUT2D eigenvalue weighted by Crippen LogP contribution is 2.33. The van der Waals surface area contributed by atoms with E-state index >= 15 is 0 Å². The van der Waals surface area contributed by atoms with Gasteiger partial charge in [0.25, 0.3) is 0 Å². The molecule has 2 N–H and O–H groups in total. The minimum absolute atomic E-state index is 0. The summed E-state index contributed by atoms with van der Waals surface area (Å²) in [5.74, 6) is 1.38. The number of carbonyl (C=O) groups excluding carboxylic acids is 1. The maximum absolute atomic E-state index is 12.7. The van der Waals surface area contributed by atoms with Gasteiger partial charge in [0.2, 0.25) is 12.7 Å². The Morgan fingerprint density at radius 2 is 1.84 bits per heavy atom. The lowest BCUT2D eigenvalue weighted by Gasteiger charge is -2.25. The molecule has 25 heavy (non-hydrogen) atoms. The van der Waals surface area contributed by atoms with Crippen LogP contribution in [0.3, 0.4) is 0 Å². The van der Waals surface area contributed by atoms with Crippen LogP contribution in [0.5, 0.6) is 11.5 Å². The van der Waals surface area contributed by atoms with Crippen LogP contribution in [0.1, 0.15) is 29.7 Å². The van der Waals surface area contributed by atoms with Gasteiger partial charge in [0.1, 0.15) is 6.04 Å². The van der Waals surface area contributed by atoms with E-state index in [-0.39, 0.29) is 25.1 Å². The molecule has 0 bridgehead atoms. The molecule has 0 saturated heterocycles. The minimum Gasteiger partial charge on any atom is -0.454 e. The van der Waals surface area contributed by atoms with Crippen LogP contribution in [0.15, 0.2) is 42.5 Å². The van der Waals surface area contributed by atoms with E-state index in [9.17, 15) is 4.79 Å². The molecule has 1 unspecified atom stereocenters. The second-order valence-corrected chi connectivity index (χ2v) is 5.93. The number of rotatable bonds is 5. The zero-order chi connectivity index (χ0) is 17.1. The standard InChI is InChI=1S/C19H22N2O3.ClH/c1-3-21(11-14-6-9-16-17(10-14)24-12-23-16)19(22)18(20)15-7-4-13(2)5-8-15;/h4-10,18H,3,11-12,20H2,1-2H3;1H. The van der Waals surface area contributed by atoms with Crippen LogP contribution >= 0.6 is 12.4 Å². The molecular weight excluding hydrogens is 340 g/mol. The second kappa shape index (κ2) is 8.23. The first-order valence-electron chi connectivity index (χ1n) is 8.08. The van der Waals surface area contributed by atoms with Crippen LogP contribution in [0.25, 0.3) is 0 Å². The average molecular weight is 363 g/mol. The predicted octanol–water partition coefficient (Wildman–Crippen LogP) is 3.19. The monoisotopic (exact) mass is 362 g/mol. The van der Waals surface area contributed by atoms with Crippen molar-refractivity contribution in [3.05, 3.63) is 59.2 Å². The summed E-state index contributed by atoms with van der Waals surface area (Å²) >= 11 is 0. The normalized spacial score (nSPS) is 13.1. The fraction of sp³-hybridized carbons (Fsp3) is 0.316. The minimum atomic E-state index is -0.653. The highest BCUT2D eigenvalue weighted by atomic mass is 35.5. The maximum atomic E-state index is 12.7. The van der Waals surface area contributed by atoms with Gasteiger partial charge in [-0.05, 0) is 37.1 Å². The summed E-state index contributed by atoms with van der Waals surface area (Å²) in [4.78, 5) is 14.5. The lowest BCUT2D eigenvalue weighted by Crippen LogP contribution is -2.38. The molecule has 0 spiro atoms. The Bertz CT molecular complexity index is 734. The quantitative estimate of drug-likeness (QED) is 0.887. The summed E-state index contributed by atoms with van der Waals surface area (Å²) in [5, 5.41) is 0.